The summed E-state index contributed by atoms with van der Waals surface area (Å²) in [7, 11) is 0. The summed E-state index contributed by atoms with van der Waals surface area (Å²) in [5, 5.41) is 18.9. The van der Waals surface area contributed by atoms with Gasteiger partial charge in [0.1, 0.15) is 0 Å². The Morgan fingerprint density at radius 2 is 1.62 bits per heavy atom. The SMILES string of the molecule is CCCCCCCCC(O)/C=C/C=C/c1ccccc1CCCCCO. The lowest BCUT2D eigenvalue weighted by Gasteiger charge is -2.06. The van der Waals surface area contributed by atoms with Crippen LogP contribution in [0.3, 0.4) is 0 Å². The number of aliphatic hydroxyl groups excluding tert-OH is 2. The van der Waals surface area contributed by atoms with Crippen LogP contribution in [0.5, 0.6) is 0 Å². The molecule has 26 heavy (non-hydrogen) atoms. The average Bonchev–Trinajstić information content (AvgIpc) is 2.66. The molecule has 0 aliphatic carbocycles. The predicted octanol–water partition coefficient (Wildman–Crippen LogP) is 6.07. The van der Waals surface area contributed by atoms with Crippen molar-refractivity contribution in [2.45, 2.75) is 83.7 Å². The molecule has 2 nitrogen and oxygen atoms in total. The van der Waals surface area contributed by atoms with Crippen LogP contribution in [0.15, 0.2) is 42.5 Å². The third-order valence-corrected chi connectivity index (χ3v) is 4.73. The Labute approximate surface area is 160 Å². The zero-order valence-corrected chi connectivity index (χ0v) is 16.6. The summed E-state index contributed by atoms with van der Waals surface area (Å²) in [4.78, 5) is 0. The van der Waals surface area contributed by atoms with Gasteiger partial charge in [-0.05, 0) is 36.8 Å². The van der Waals surface area contributed by atoms with Crippen LogP contribution < -0.4 is 0 Å². The fourth-order valence-electron chi connectivity index (χ4n) is 3.11. The van der Waals surface area contributed by atoms with Gasteiger partial charge in [-0.25, -0.2) is 0 Å². The van der Waals surface area contributed by atoms with E-state index < -0.39 is 0 Å². The zero-order valence-electron chi connectivity index (χ0n) is 16.6. The molecule has 0 aromatic heterocycles. The molecule has 146 valence electrons. The molecule has 1 aromatic rings. The minimum absolute atomic E-state index is 0.285. The highest BCUT2D eigenvalue weighted by atomic mass is 16.3. The lowest BCUT2D eigenvalue weighted by Crippen LogP contribution is -2.01. The molecule has 1 unspecified atom stereocenters. The van der Waals surface area contributed by atoms with E-state index in [1.807, 2.05) is 18.2 Å². The highest BCUT2D eigenvalue weighted by Gasteiger charge is 2.00. The molecule has 2 N–H and O–H groups in total. The van der Waals surface area contributed by atoms with Crippen LogP contribution in [0.2, 0.25) is 0 Å². The molecule has 0 radical (unpaired) electrons. The number of benzene rings is 1. The van der Waals surface area contributed by atoms with E-state index in [-0.39, 0.29) is 12.7 Å². The van der Waals surface area contributed by atoms with Gasteiger partial charge >= 0.3 is 0 Å². The van der Waals surface area contributed by atoms with Gasteiger partial charge in [0, 0.05) is 6.61 Å². The Morgan fingerprint density at radius 1 is 0.885 bits per heavy atom. The molecule has 0 fully saturated rings. The van der Waals surface area contributed by atoms with Gasteiger partial charge in [-0.15, -0.1) is 0 Å². The van der Waals surface area contributed by atoms with Crippen LogP contribution in [0.1, 0.15) is 82.3 Å². The fraction of sp³-hybridized carbons (Fsp3) is 0.583. The first-order valence-electron chi connectivity index (χ1n) is 10.5. The maximum absolute atomic E-state index is 10.0. The summed E-state index contributed by atoms with van der Waals surface area (Å²) in [5.41, 5.74) is 2.59. The summed E-state index contributed by atoms with van der Waals surface area (Å²) in [6.45, 7) is 2.52. The standard InChI is InChI=1S/C24H38O2/c1-2-3-4-5-6-9-19-24(26)20-13-12-18-23-17-11-10-16-22(23)15-8-7-14-21-25/h10-13,16-18,20,24-26H,2-9,14-15,19,21H2,1H3/b18-12+,20-13+. The molecule has 1 aromatic carbocycles. The van der Waals surface area contributed by atoms with Crippen molar-refractivity contribution >= 4 is 6.08 Å². The van der Waals surface area contributed by atoms with Crippen molar-refractivity contribution in [1.82, 2.24) is 0 Å². The van der Waals surface area contributed by atoms with Gasteiger partial charge in [0.05, 0.1) is 6.10 Å². The highest BCUT2D eigenvalue weighted by molar-refractivity contribution is 5.55. The Hall–Kier alpha value is -1.38. The molecular weight excluding hydrogens is 320 g/mol. The second-order valence-corrected chi connectivity index (χ2v) is 7.10. The first kappa shape index (κ1) is 22.7. The molecule has 0 aliphatic rings. The third-order valence-electron chi connectivity index (χ3n) is 4.73. The summed E-state index contributed by atoms with van der Waals surface area (Å²) >= 11 is 0. The Balaban J connectivity index is 2.32. The maximum atomic E-state index is 10.0. The fourth-order valence-corrected chi connectivity index (χ4v) is 3.11. The van der Waals surface area contributed by atoms with Gasteiger partial charge in [-0.3, -0.25) is 0 Å². The van der Waals surface area contributed by atoms with E-state index in [9.17, 15) is 5.11 Å². The lowest BCUT2D eigenvalue weighted by molar-refractivity contribution is 0.208. The largest absolute Gasteiger partial charge is 0.396 e. The van der Waals surface area contributed by atoms with Crippen LogP contribution in [-0.2, 0) is 6.42 Å². The Kier molecular flexibility index (Phi) is 13.8. The first-order valence-corrected chi connectivity index (χ1v) is 10.5. The van der Waals surface area contributed by atoms with Crippen molar-refractivity contribution in [3.8, 4) is 0 Å². The smallest absolute Gasteiger partial charge is 0.0723 e. The molecule has 0 bridgehead atoms. The van der Waals surface area contributed by atoms with Crippen molar-refractivity contribution in [2.24, 2.45) is 0 Å². The van der Waals surface area contributed by atoms with Gasteiger partial charge in [-0.2, -0.15) is 0 Å². The second kappa shape index (κ2) is 15.8. The summed E-state index contributed by atoms with van der Waals surface area (Å²) in [6, 6.07) is 8.46. The number of aliphatic hydroxyl groups is 2. The lowest BCUT2D eigenvalue weighted by atomic mass is 10.0. The number of hydrogen-bond acceptors (Lipinski definition) is 2. The minimum atomic E-state index is -0.334. The highest BCUT2D eigenvalue weighted by Crippen LogP contribution is 2.15. The summed E-state index contributed by atoms with van der Waals surface area (Å²) in [5.74, 6) is 0. The van der Waals surface area contributed by atoms with Crippen LogP contribution in [0.25, 0.3) is 6.08 Å². The van der Waals surface area contributed by atoms with E-state index >= 15 is 0 Å². The van der Waals surface area contributed by atoms with E-state index in [1.54, 1.807) is 0 Å². The van der Waals surface area contributed by atoms with Crippen molar-refractivity contribution in [3.63, 3.8) is 0 Å². The molecule has 0 spiro atoms. The van der Waals surface area contributed by atoms with Crippen molar-refractivity contribution in [2.75, 3.05) is 6.61 Å². The zero-order chi connectivity index (χ0) is 18.9. The van der Waals surface area contributed by atoms with Crippen LogP contribution >= 0.6 is 0 Å². The summed E-state index contributed by atoms with van der Waals surface area (Å²) in [6.07, 6.45) is 20.2. The van der Waals surface area contributed by atoms with Crippen molar-refractivity contribution < 1.29 is 10.2 Å². The van der Waals surface area contributed by atoms with E-state index in [0.717, 1.165) is 38.5 Å². The van der Waals surface area contributed by atoms with Gasteiger partial charge in [0.15, 0.2) is 0 Å². The van der Waals surface area contributed by atoms with Crippen LogP contribution in [-0.4, -0.2) is 22.9 Å². The third kappa shape index (κ3) is 11.3. The average molecular weight is 359 g/mol. The van der Waals surface area contributed by atoms with Gasteiger partial charge in [0.2, 0.25) is 0 Å². The Bertz CT molecular complexity index is 505. The normalized spacial score (nSPS) is 13.0. The maximum Gasteiger partial charge on any atom is 0.0723 e. The van der Waals surface area contributed by atoms with Crippen molar-refractivity contribution in [3.05, 3.63) is 53.6 Å². The number of unbranched alkanes of at least 4 members (excludes halogenated alkanes) is 7. The molecule has 1 atom stereocenters. The Morgan fingerprint density at radius 3 is 2.42 bits per heavy atom. The van der Waals surface area contributed by atoms with Gasteiger partial charge in [0.25, 0.3) is 0 Å². The van der Waals surface area contributed by atoms with E-state index in [1.165, 1.54) is 43.2 Å². The van der Waals surface area contributed by atoms with Crippen LogP contribution in [0.4, 0.5) is 0 Å². The topological polar surface area (TPSA) is 40.5 Å². The molecule has 0 aliphatic heterocycles. The number of hydrogen-bond donors (Lipinski definition) is 2. The molecule has 2 heteroatoms. The molecule has 1 rings (SSSR count). The quantitative estimate of drug-likeness (QED) is 0.295. The second-order valence-electron chi connectivity index (χ2n) is 7.10. The predicted molar refractivity (Wildman–Crippen MR) is 113 cm³/mol. The van der Waals surface area contributed by atoms with Crippen LogP contribution in [0, 0.1) is 0 Å². The number of aryl methyl sites for hydroxylation is 1. The van der Waals surface area contributed by atoms with E-state index in [4.69, 9.17) is 5.11 Å². The first-order chi connectivity index (χ1) is 12.8. The number of rotatable bonds is 15. The minimum Gasteiger partial charge on any atom is -0.396 e. The monoisotopic (exact) mass is 358 g/mol. The van der Waals surface area contributed by atoms with E-state index in [2.05, 4.69) is 37.3 Å². The molecular formula is C24H38O2. The molecule has 0 heterocycles. The molecule has 0 saturated heterocycles. The molecule has 0 saturated carbocycles. The number of allylic oxidation sites excluding steroid dienone is 2. The molecule has 0 amide bonds. The summed E-state index contributed by atoms with van der Waals surface area (Å²) < 4.78 is 0. The van der Waals surface area contributed by atoms with Crippen molar-refractivity contribution in [1.29, 1.82) is 0 Å². The van der Waals surface area contributed by atoms with Gasteiger partial charge in [-0.1, -0.05) is 100 Å². The van der Waals surface area contributed by atoms with Gasteiger partial charge < -0.3 is 10.2 Å². The van der Waals surface area contributed by atoms with E-state index in [0.29, 0.717) is 0 Å².